The fraction of sp³-hybridized carbons (Fsp3) is 0.333. The van der Waals surface area contributed by atoms with Crippen LogP contribution < -0.4 is 0 Å². The van der Waals surface area contributed by atoms with Gasteiger partial charge in [-0.15, -0.1) is 12.4 Å². The number of fused-ring (bicyclic) bond motifs is 1. The van der Waals surface area contributed by atoms with Crippen LogP contribution in [0.4, 0.5) is 0 Å². The Labute approximate surface area is 138 Å². The number of hydrogen-bond donors (Lipinski definition) is 0. The van der Waals surface area contributed by atoms with Gasteiger partial charge in [0.05, 0.1) is 0 Å². The molecule has 112 valence electrons. The van der Waals surface area contributed by atoms with E-state index in [4.69, 9.17) is 11.6 Å². The van der Waals surface area contributed by atoms with Crippen molar-refractivity contribution < 1.29 is 0 Å². The molecule has 1 aliphatic carbocycles. The molecule has 0 radical (unpaired) electrons. The van der Waals surface area contributed by atoms with Crippen molar-refractivity contribution in [1.82, 2.24) is 4.90 Å². The van der Waals surface area contributed by atoms with Gasteiger partial charge in [0.15, 0.2) is 0 Å². The van der Waals surface area contributed by atoms with E-state index in [9.17, 15) is 0 Å². The Bertz CT molecular complexity index is 592. The maximum atomic E-state index is 6.01. The van der Waals surface area contributed by atoms with E-state index < -0.39 is 0 Å². The van der Waals surface area contributed by atoms with Crippen molar-refractivity contribution in [2.24, 2.45) is 0 Å². The van der Waals surface area contributed by atoms with Crippen LogP contribution in [0, 0.1) is 0 Å². The molecule has 1 aliphatic rings. The third-order valence-electron chi connectivity index (χ3n) is 4.35. The molecule has 0 heterocycles. The quantitative estimate of drug-likeness (QED) is 0.726. The minimum absolute atomic E-state index is 0. The van der Waals surface area contributed by atoms with Gasteiger partial charge in [-0.1, -0.05) is 48.0 Å². The molecule has 1 nitrogen and oxygen atoms in total. The fourth-order valence-corrected chi connectivity index (χ4v) is 3.47. The summed E-state index contributed by atoms with van der Waals surface area (Å²) < 4.78 is 0. The first-order valence-electron chi connectivity index (χ1n) is 7.17. The molecule has 0 aliphatic heterocycles. The lowest BCUT2D eigenvalue weighted by molar-refractivity contribution is 0.263. The third-order valence-corrected chi connectivity index (χ3v) is 4.61. The molecule has 0 spiro atoms. The molecule has 0 N–H and O–H groups in total. The summed E-state index contributed by atoms with van der Waals surface area (Å²) in [4.78, 5) is 2.33. The van der Waals surface area contributed by atoms with Gasteiger partial charge in [0.1, 0.15) is 0 Å². The highest BCUT2D eigenvalue weighted by Gasteiger charge is 2.28. The molecule has 0 amide bonds. The Morgan fingerprint density at radius 1 is 0.905 bits per heavy atom. The summed E-state index contributed by atoms with van der Waals surface area (Å²) in [6, 6.07) is 17.7. The van der Waals surface area contributed by atoms with Crippen molar-refractivity contribution in [3.8, 4) is 0 Å². The predicted octanol–water partition coefficient (Wildman–Crippen LogP) is 5.29. The molecule has 0 saturated heterocycles. The molecule has 0 fully saturated rings. The van der Waals surface area contributed by atoms with Crippen LogP contribution in [-0.2, 0) is 0 Å². The smallest absolute Gasteiger partial charge is 0.0406 e. The molecule has 0 saturated carbocycles. The van der Waals surface area contributed by atoms with E-state index >= 15 is 0 Å². The fourth-order valence-electron chi connectivity index (χ4n) is 3.34. The van der Waals surface area contributed by atoms with Crippen molar-refractivity contribution in [2.45, 2.75) is 24.8 Å². The molecule has 3 heteroatoms. The maximum absolute atomic E-state index is 6.01. The molecular formula is C18H21Cl2N. The first-order chi connectivity index (χ1) is 9.66. The highest BCUT2D eigenvalue weighted by molar-refractivity contribution is 6.30. The number of rotatable bonds is 2. The van der Waals surface area contributed by atoms with Crippen molar-refractivity contribution in [2.75, 3.05) is 14.1 Å². The Morgan fingerprint density at radius 3 is 2.14 bits per heavy atom. The predicted molar refractivity (Wildman–Crippen MR) is 92.6 cm³/mol. The maximum Gasteiger partial charge on any atom is 0.0406 e. The van der Waals surface area contributed by atoms with Gasteiger partial charge in [-0.05, 0) is 55.8 Å². The lowest BCUT2D eigenvalue weighted by atomic mass is 9.76. The first kappa shape index (κ1) is 16.4. The molecule has 21 heavy (non-hydrogen) atoms. The monoisotopic (exact) mass is 321 g/mol. The van der Waals surface area contributed by atoms with E-state index in [-0.39, 0.29) is 12.4 Å². The second-order valence-electron chi connectivity index (χ2n) is 5.79. The van der Waals surface area contributed by atoms with Crippen LogP contribution in [0.25, 0.3) is 0 Å². The van der Waals surface area contributed by atoms with E-state index in [0.717, 1.165) is 5.02 Å². The highest BCUT2D eigenvalue weighted by Crippen LogP contribution is 2.42. The lowest BCUT2D eigenvalue weighted by Gasteiger charge is -2.35. The molecule has 2 atom stereocenters. The molecule has 0 aromatic heterocycles. The van der Waals surface area contributed by atoms with Crippen LogP contribution in [0.1, 0.15) is 41.5 Å². The summed E-state index contributed by atoms with van der Waals surface area (Å²) in [6.45, 7) is 0. The lowest BCUT2D eigenvalue weighted by Crippen LogP contribution is -2.26. The van der Waals surface area contributed by atoms with E-state index in [0.29, 0.717) is 12.0 Å². The summed E-state index contributed by atoms with van der Waals surface area (Å²) in [5.74, 6) is 0.500. The summed E-state index contributed by atoms with van der Waals surface area (Å²) >= 11 is 6.01. The summed E-state index contributed by atoms with van der Waals surface area (Å²) in [7, 11) is 4.34. The standard InChI is InChI=1S/C18H20ClN.ClH/c1-20(2)18-12-11-15(13-7-9-14(19)10-8-13)16-5-3-4-6-17(16)18;/h3-10,15,18H,11-12H2,1-2H3;1H/t15-,18-;/m0./s1. The van der Waals surface area contributed by atoms with Crippen molar-refractivity contribution in [1.29, 1.82) is 0 Å². The van der Waals surface area contributed by atoms with Gasteiger partial charge in [0, 0.05) is 17.0 Å². The zero-order chi connectivity index (χ0) is 14.1. The van der Waals surface area contributed by atoms with Crippen LogP contribution in [0.5, 0.6) is 0 Å². The summed E-state index contributed by atoms with van der Waals surface area (Å²) in [5, 5.41) is 0.809. The van der Waals surface area contributed by atoms with Gasteiger partial charge in [-0.2, -0.15) is 0 Å². The average Bonchev–Trinajstić information content (AvgIpc) is 2.47. The number of hydrogen-bond acceptors (Lipinski definition) is 1. The van der Waals surface area contributed by atoms with E-state index in [1.807, 2.05) is 12.1 Å². The topological polar surface area (TPSA) is 3.24 Å². The SMILES string of the molecule is CN(C)[C@H]1CC[C@@H](c2ccc(Cl)cc2)c2ccccc21.Cl. The van der Waals surface area contributed by atoms with E-state index in [2.05, 4.69) is 55.4 Å². The van der Waals surface area contributed by atoms with Gasteiger partial charge < -0.3 is 4.90 Å². The van der Waals surface area contributed by atoms with Gasteiger partial charge in [-0.3, -0.25) is 0 Å². The largest absolute Gasteiger partial charge is 0.302 e. The van der Waals surface area contributed by atoms with Crippen LogP contribution in [0.15, 0.2) is 48.5 Å². The average molecular weight is 322 g/mol. The van der Waals surface area contributed by atoms with Gasteiger partial charge in [0.25, 0.3) is 0 Å². The van der Waals surface area contributed by atoms with E-state index in [1.165, 1.54) is 29.5 Å². The molecule has 2 aromatic carbocycles. The van der Waals surface area contributed by atoms with Crippen LogP contribution in [-0.4, -0.2) is 19.0 Å². The normalized spacial score (nSPS) is 20.8. The minimum atomic E-state index is 0. The third kappa shape index (κ3) is 3.26. The highest BCUT2D eigenvalue weighted by atomic mass is 35.5. The van der Waals surface area contributed by atoms with Crippen molar-refractivity contribution >= 4 is 24.0 Å². The first-order valence-corrected chi connectivity index (χ1v) is 7.55. The van der Waals surface area contributed by atoms with Crippen LogP contribution in [0.3, 0.4) is 0 Å². The number of nitrogens with zero attached hydrogens (tertiary/aromatic N) is 1. The van der Waals surface area contributed by atoms with Gasteiger partial charge in [0.2, 0.25) is 0 Å². The molecule has 3 rings (SSSR count). The van der Waals surface area contributed by atoms with E-state index in [1.54, 1.807) is 0 Å². The van der Waals surface area contributed by atoms with Gasteiger partial charge >= 0.3 is 0 Å². The second-order valence-corrected chi connectivity index (χ2v) is 6.23. The zero-order valence-corrected chi connectivity index (χ0v) is 14.0. The van der Waals surface area contributed by atoms with Crippen LogP contribution in [0.2, 0.25) is 5.02 Å². The molecule has 2 aromatic rings. The van der Waals surface area contributed by atoms with Gasteiger partial charge in [-0.25, -0.2) is 0 Å². The van der Waals surface area contributed by atoms with Crippen molar-refractivity contribution in [3.63, 3.8) is 0 Å². The Hall–Kier alpha value is -1.02. The number of halogens is 2. The molecular weight excluding hydrogens is 301 g/mol. The Balaban J connectivity index is 0.00000161. The molecule has 0 unspecified atom stereocenters. The summed E-state index contributed by atoms with van der Waals surface area (Å²) in [6.07, 6.45) is 2.40. The van der Waals surface area contributed by atoms with Crippen LogP contribution >= 0.6 is 24.0 Å². The zero-order valence-electron chi connectivity index (χ0n) is 12.4. The second kappa shape index (κ2) is 6.83. The Morgan fingerprint density at radius 2 is 1.52 bits per heavy atom. The van der Waals surface area contributed by atoms with Crippen molar-refractivity contribution in [3.05, 3.63) is 70.2 Å². The minimum Gasteiger partial charge on any atom is -0.302 e. The number of benzene rings is 2. The summed E-state index contributed by atoms with van der Waals surface area (Å²) in [5.41, 5.74) is 4.32. The Kier molecular flexibility index (Phi) is 5.32. The molecule has 0 bridgehead atoms.